The summed E-state index contributed by atoms with van der Waals surface area (Å²) >= 11 is 0. The molecule has 19 heavy (non-hydrogen) atoms. The van der Waals surface area contributed by atoms with Gasteiger partial charge in [-0.3, -0.25) is 14.3 Å². The highest BCUT2D eigenvalue weighted by Gasteiger charge is 2.74. The van der Waals surface area contributed by atoms with Crippen LogP contribution in [0.25, 0.3) is 0 Å². The van der Waals surface area contributed by atoms with Crippen LogP contribution >= 0.6 is 0 Å². The smallest absolute Gasteiger partial charge is 0.312 e. The predicted octanol–water partition coefficient (Wildman–Crippen LogP) is 1.38. The van der Waals surface area contributed by atoms with Crippen LogP contribution in [-0.2, 0) is 19.9 Å². The van der Waals surface area contributed by atoms with Crippen molar-refractivity contribution in [2.75, 3.05) is 7.11 Å². The van der Waals surface area contributed by atoms with Crippen LogP contribution in [0, 0.1) is 5.41 Å². The molecular weight excluding hydrogens is 244 g/mol. The van der Waals surface area contributed by atoms with Gasteiger partial charge in [-0.1, -0.05) is 0 Å². The Morgan fingerprint density at radius 2 is 2.11 bits per heavy atom. The molecule has 2 bridgehead atoms. The first-order chi connectivity index (χ1) is 9.07. The average Bonchev–Trinajstić information content (AvgIpc) is 2.70. The topological polar surface area (TPSA) is 61.2 Å². The predicted molar refractivity (Wildman–Crippen MR) is 65.5 cm³/mol. The summed E-state index contributed by atoms with van der Waals surface area (Å²) in [6.45, 7) is 0. The maximum Gasteiger partial charge on any atom is 0.312 e. The number of carbonyl (C=O) groups excluding carboxylic acids is 2. The fourth-order valence-electron chi connectivity index (χ4n) is 3.94. The Balaban J connectivity index is 1.48. The summed E-state index contributed by atoms with van der Waals surface area (Å²) in [4.78, 5) is 22.7. The molecule has 4 aliphatic carbocycles. The summed E-state index contributed by atoms with van der Waals surface area (Å²) in [7, 11) is 1.45. The number of carbonyl (C=O) groups is 2. The van der Waals surface area contributed by atoms with E-state index in [0.29, 0.717) is 24.5 Å². The van der Waals surface area contributed by atoms with Gasteiger partial charge in [0.15, 0.2) is 0 Å². The van der Waals surface area contributed by atoms with Crippen LogP contribution in [0.1, 0.15) is 43.6 Å². The van der Waals surface area contributed by atoms with E-state index in [1.54, 1.807) is 0 Å². The van der Waals surface area contributed by atoms with Gasteiger partial charge in [0, 0.05) is 25.0 Å². The Labute approximate surface area is 110 Å². The number of Topliss-reactive ketones (excluding diaryl/α,β-unsaturated/α-hetero) is 1. The van der Waals surface area contributed by atoms with Crippen molar-refractivity contribution in [2.24, 2.45) is 5.41 Å². The molecule has 1 aromatic rings. The van der Waals surface area contributed by atoms with Gasteiger partial charge in [-0.25, -0.2) is 0 Å². The number of esters is 1. The summed E-state index contributed by atoms with van der Waals surface area (Å²) in [5.41, 5.74) is 0.976. The van der Waals surface area contributed by atoms with E-state index in [4.69, 9.17) is 4.74 Å². The molecule has 5 rings (SSSR count). The molecule has 1 aromatic heterocycles. The van der Waals surface area contributed by atoms with Crippen molar-refractivity contribution in [3.05, 3.63) is 18.0 Å². The highest BCUT2D eigenvalue weighted by Crippen LogP contribution is 2.71. The summed E-state index contributed by atoms with van der Waals surface area (Å²) in [5.74, 6) is 0.627. The van der Waals surface area contributed by atoms with Crippen molar-refractivity contribution in [2.45, 2.75) is 43.6 Å². The molecule has 0 unspecified atom stereocenters. The summed E-state index contributed by atoms with van der Waals surface area (Å²) < 4.78 is 6.86. The van der Waals surface area contributed by atoms with Gasteiger partial charge in [0.2, 0.25) is 0 Å². The number of nitrogens with zero attached hydrogens (tertiary/aromatic N) is 2. The van der Waals surface area contributed by atoms with Crippen LogP contribution in [0.2, 0.25) is 0 Å². The van der Waals surface area contributed by atoms with E-state index < -0.39 is 0 Å². The largest absolute Gasteiger partial charge is 0.469 e. The van der Waals surface area contributed by atoms with Crippen LogP contribution in [-0.4, -0.2) is 28.6 Å². The van der Waals surface area contributed by atoms with E-state index in [1.807, 2.05) is 10.9 Å². The second-order valence-corrected chi connectivity index (χ2v) is 6.39. The molecule has 0 atom stereocenters. The zero-order valence-electron chi connectivity index (χ0n) is 10.9. The highest BCUT2D eigenvalue weighted by molar-refractivity contribution is 5.86. The molecule has 4 saturated carbocycles. The SMILES string of the molecule is COC(=O)C12CC(n3cc(C4CC(=O)C4)cn3)(C1)C2. The quantitative estimate of drug-likeness (QED) is 0.770. The van der Waals surface area contributed by atoms with E-state index in [9.17, 15) is 9.59 Å². The Bertz CT molecular complexity index is 561. The van der Waals surface area contributed by atoms with Crippen molar-refractivity contribution in [1.29, 1.82) is 0 Å². The first-order valence-electron chi connectivity index (χ1n) is 6.72. The Kier molecular flexibility index (Phi) is 1.92. The standard InChI is InChI=1S/C14H16N2O3/c1-19-12(18)13-6-14(7-13,8-13)16-5-10(4-15-16)9-2-11(17)3-9/h4-5,9H,2-3,6-8H2,1H3. The second kappa shape index (κ2) is 3.26. The fourth-order valence-corrected chi connectivity index (χ4v) is 3.94. The van der Waals surface area contributed by atoms with Crippen LogP contribution in [0.4, 0.5) is 0 Å². The molecule has 0 radical (unpaired) electrons. The third-order valence-electron chi connectivity index (χ3n) is 5.13. The Morgan fingerprint density at radius 3 is 2.68 bits per heavy atom. The second-order valence-electron chi connectivity index (χ2n) is 6.39. The molecule has 0 spiro atoms. The summed E-state index contributed by atoms with van der Waals surface area (Å²) in [5, 5.41) is 4.45. The normalized spacial score (nSPS) is 36.2. The van der Waals surface area contributed by atoms with Gasteiger partial charge in [0.25, 0.3) is 0 Å². The molecule has 0 saturated heterocycles. The monoisotopic (exact) mass is 260 g/mol. The molecule has 5 nitrogen and oxygen atoms in total. The van der Waals surface area contributed by atoms with Crippen LogP contribution in [0.3, 0.4) is 0 Å². The lowest BCUT2D eigenvalue weighted by Crippen LogP contribution is -2.71. The average molecular weight is 260 g/mol. The lowest BCUT2D eigenvalue weighted by atomic mass is 9.39. The van der Waals surface area contributed by atoms with Crippen molar-refractivity contribution < 1.29 is 14.3 Å². The summed E-state index contributed by atoms with van der Waals surface area (Å²) in [6, 6.07) is 0. The lowest BCUT2D eigenvalue weighted by molar-refractivity contribution is -0.219. The summed E-state index contributed by atoms with van der Waals surface area (Å²) in [6.07, 6.45) is 7.79. The molecule has 0 aromatic carbocycles. The Hall–Kier alpha value is -1.65. The van der Waals surface area contributed by atoms with Gasteiger partial charge in [0.1, 0.15) is 5.78 Å². The number of hydrogen-bond acceptors (Lipinski definition) is 4. The van der Waals surface area contributed by atoms with Crippen LogP contribution in [0.5, 0.6) is 0 Å². The molecule has 100 valence electrons. The highest BCUT2D eigenvalue weighted by atomic mass is 16.5. The Morgan fingerprint density at radius 1 is 1.42 bits per heavy atom. The molecule has 4 fully saturated rings. The molecule has 0 aliphatic heterocycles. The fraction of sp³-hybridized carbons (Fsp3) is 0.643. The van der Waals surface area contributed by atoms with Crippen LogP contribution < -0.4 is 0 Å². The molecule has 0 N–H and O–H groups in total. The minimum atomic E-state index is -0.229. The van der Waals surface area contributed by atoms with E-state index >= 15 is 0 Å². The number of rotatable bonds is 3. The van der Waals surface area contributed by atoms with E-state index in [-0.39, 0.29) is 16.9 Å². The van der Waals surface area contributed by atoms with E-state index in [0.717, 1.165) is 24.8 Å². The molecule has 0 amide bonds. The number of hydrogen-bond donors (Lipinski definition) is 0. The number of aromatic nitrogens is 2. The van der Waals surface area contributed by atoms with E-state index in [2.05, 4.69) is 11.3 Å². The van der Waals surface area contributed by atoms with Crippen molar-refractivity contribution in [3.63, 3.8) is 0 Å². The van der Waals surface area contributed by atoms with Gasteiger partial charge in [-0.2, -0.15) is 5.10 Å². The lowest BCUT2D eigenvalue weighted by Gasteiger charge is -2.67. The van der Waals surface area contributed by atoms with Gasteiger partial charge < -0.3 is 4.74 Å². The van der Waals surface area contributed by atoms with E-state index in [1.165, 1.54) is 7.11 Å². The zero-order valence-corrected chi connectivity index (χ0v) is 10.9. The van der Waals surface area contributed by atoms with Crippen LogP contribution in [0.15, 0.2) is 12.4 Å². The third-order valence-corrected chi connectivity index (χ3v) is 5.13. The first-order valence-corrected chi connectivity index (χ1v) is 6.72. The minimum absolute atomic E-state index is 0.0419. The van der Waals surface area contributed by atoms with Crippen molar-refractivity contribution >= 4 is 11.8 Å². The molecule has 1 heterocycles. The van der Waals surface area contributed by atoms with Gasteiger partial charge in [0.05, 0.1) is 24.3 Å². The van der Waals surface area contributed by atoms with Crippen molar-refractivity contribution in [1.82, 2.24) is 9.78 Å². The minimum Gasteiger partial charge on any atom is -0.469 e. The number of ether oxygens (including phenoxy) is 1. The van der Waals surface area contributed by atoms with Crippen molar-refractivity contribution in [3.8, 4) is 0 Å². The number of methoxy groups -OCH3 is 1. The maximum atomic E-state index is 11.6. The number of ketones is 1. The molecule has 5 heteroatoms. The maximum absolute atomic E-state index is 11.6. The first kappa shape index (κ1) is 11.2. The van der Waals surface area contributed by atoms with Gasteiger partial charge in [-0.15, -0.1) is 0 Å². The third kappa shape index (κ3) is 1.28. The zero-order chi connectivity index (χ0) is 13.3. The van der Waals surface area contributed by atoms with Gasteiger partial charge in [-0.05, 0) is 24.8 Å². The molecular formula is C14H16N2O3. The van der Waals surface area contributed by atoms with Gasteiger partial charge >= 0.3 is 5.97 Å². The molecule has 4 aliphatic rings.